The van der Waals surface area contributed by atoms with E-state index < -0.39 is 10.0 Å². The highest BCUT2D eigenvalue weighted by molar-refractivity contribution is 7.92. The summed E-state index contributed by atoms with van der Waals surface area (Å²) < 4.78 is 34.2. The minimum atomic E-state index is -3.74. The highest BCUT2D eigenvalue weighted by Crippen LogP contribution is 2.26. The molecule has 0 atom stereocenters. The summed E-state index contributed by atoms with van der Waals surface area (Å²) >= 11 is 0. The van der Waals surface area contributed by atoms with Gasteiger partial charge in [-0.25, -0.2) is 8.42 Å². The number of ether oxygens (including phenoxy) is 1. The lowest BCUT2D eigenvalue weighted by Gasteiger charge is -2.12. The third-order valence-electron chi connectivity index (χ3n) is 2.86. The van der Waals surface area contributed by atoms with Crippen molar-refractivity contribution in [3.05, 3.63) is 36.2 Å². The molecule has 0 amide bonds. The Labute approximate surface area is 124 Å². The predicted octanol–water partition coefficient (Wildman–Crippen LogP) is 0.949. The number of nitrogens with zero attached hydrogens (tertiary/aromatic N) is 2. The van der Waals surface area contributed by atoms with Gasteiger partial charge in [-0.1, -0.05) is 6.07 Å². The van der Waals surface area contributed by atoms with Crippen LogP contribution in [0.15, 0.2) is 35.5 Å². The Morgan fingerprint density at radius 3 is 2.71 bits per heavy atom. The van der Waals surface area contributed by atoms with Gasteiger partial charge in [0.05, 0.1) is 19.0 Å². The number of aromatic nitrogens is 2. The molecule has 1 aromatic carbocycles. The number of aryl methyl sites for hydroxylation is 1. The summed E-state index contributed by atoms with van der Waals surface area (Å²) in [5.74, 6) is 0.297. The summed E-state index contributed by atoms with van der Waals surface area (Å²) in [6.45, 7) is 0.569. The average Bonchev–Trinajstić information content (AvgIpc) is 2.83. The Balaban J connectivity index is 2.39. The predicted molar refractivity (Wildman–Crippen MR) is 79.8 cm³/mol. The number of benzene rings is 1. The Morgan fingerprint density at radius 2 is 2.14 bits per heavy atom. The first-order chi connectivity index (χ1) is 9.96. The fourth-order valence-electron chi connectivity index (χ4n) is 1.93. The van der Waals surface area contributed by atoms with Crippen molar-refractivity contribution >= 4 is 15.7 Å². The average molecular weight is 310 g/mol. The van der Waals surface area contributed by atoms with Crippen LogP contribution in [0.4, 0.5) is 5.69 Å². The van der Waals surface area contributed by atoms with E-state index in [1.165, 1.54) is 18.0 Å². The number of hydrogen-bond donors (Lipinski definition) is 2. The van der Waals surface area contributed by atoms with E-state index in [2.05, 4.69) is 15.1 Å². The molecule has 8 heteroatoms. The number of rotatable bonds is 6. The highest BCUT2D eigenvalue weighted by atomic mass is 32.2. The van der Waals surface area contributed by atoms with Crippen LogP contribution in [-0.2, 0) is 23.6 Å². The van der Waals surface area contributed by atoms with E-state index in [0.717, 1.165) is 5.56 Å². The SMILES string of the molecule is CNCc1ccc(OC)c(S(=O)(=O)Nc2cnn(C)c2)c1. The van der Waals surface area contributed by atoms with Gasteiger partial charge in [-0.3, -0.25) is 9.40 Å². The minimum Gasteiger partial charge on any atom is -0.495 e. The maximum Gasteiger partial charge on any atom is 0.265 e. The maximum absolute atomic E-state index is 12.5. The monoisotopic (exact) mass is 310 g/mol. The molecule has 2 aromatic rings. The van der Waals surface area contributed by atoms with Crippen molar-refractivity contribution in [2.45, 2.75) is 11.4 Å². The van der Waals surface area contributed by atoms with Gasteiger partial charge in [-0.05, 0) is 24.7 Å². The molecule has 0 saturated carbocycles. The van der Waals surface area contributed by atoms with Gasteiger partial charge < -0.3 is 10.1 Å². The lowest BCUT2D eigenvalue weighted by atomic mass is 10.2. The van der Waals surface area contributed by atoms with Crippen LogP contribution in [0.2, 0.25) is 0 Å². The number of sulfonamides is 1. The zero-order valence-electron chi connectivity index (χ0n) is 12.1. The Hall–Kier alpha value is -2.06. The molecule has 1 heterocycles. The molecule has 21 heavy (non-hydrogen) atoms. The molecule has 114 valence electrons. The van der Waals surface area contributed by atoms with Crippen LogP contribution in [0.3, 0.4) is 0 Å². The molecule has 0 aliphatic heterocycles. The zero-order valence-corrected chi connectivity index (χ0v) is 12.9. The van der Waals surface area contributed by atoms with Gasteiger partial charge in [0.15, 0.2) is 0 Å². The molecule has 0 aliphatic carbocycles. The van der Waals surface area contributed by atoms with E-state index in [1.54, 1.807) is 32.4 Å². The molecule has 0 fully saturated rings. The van der Waals surface area contributed by atoms with Crippen molar-refractivity contribution in [3.8, 4) is 5.75 Å². The Bertz CT molecular complexity index is 725. The first-order valence-corrected chi connectivity index (χ1v) is 7.77. The highest BCUT2D eigenvalue weighted by Gasteiger charge is 2.20. The fourth-order valence-corrected chi connectivity index (χ4v) is 3.18. The lowest BCUT2D eigenvalue weighted by Crippen LogP contribution is -2.15. The van der Waals surface area contributed by atoms with Crippen LogP contribution in [0, 0.1) is 0 Å². The molecule has 0 radical (unpaired) electrons. The molecule has 0 bridgehead atoms. The van der Waals surface area contributed by atoms with E-state index in [1.807, 2.05) is 6.07 Å². The van der Waals surface area contributed by atoms with Crippen molar-refractivity contribution < 1.29 is 13.2 Å². The van der Waals surface area contributed by atoms with Crippen molar-refractivity contribution in [1.29, 1.82) is 0 Å². The van der Waals surface area contributed by atoms with E-state index in [4.69, 9.17) is 4.74 Å². The summed E-state index contributed by atoms with van der Waals surface area (Å²) in [4.78, 5) is 0.0987. The van der Waals surface area contributed by atoms with Crippen LogP contribution in [-0.4, -0.2) is 32.4 Å². The van der Waals surface area contributed by atoms with Crippen molar-refractivity contribution in [1.82, 2.24) is 15.1 Å². The van der Waals surface area contributed by atoms with Gasteiger partial charge in [-0.15, -0.1) is 0 Å². The van der Waals surface area contributed by atoms with Crippen molar-refractivity contribution in [2.75, 3.05) is 18.9 Å². The van der Waals surface area contributed by atoms with Crippen molar-refractivity contribution in [2.24, 2.45) is 7.05 Å². The second-order valence-electron chi connectivity index (χ2n) is 4.52. The number of anilines is 1. The minimum absolute atomic E-state index is 0.0987. The van der Waals surface area contributed by atoms with Gasteiger partial charge >= 0.3 is 0 Å². The van der Waals surface area contributed by atoms with Crippen LogP contribution in [0.25, 0.3) is 0 Å². The largest absolute Gasteiger partial charge is 0.495 e. The second kappa shape index (κ2) is 6.15. The first-order valence-electron chi connectivity index (χ1n) is 6.29. The van der Waals surface area contributed by atoms with Crippen LogP contribution < -0.4 is 14.8 Å². The van der Waals surface area contributed by atoms with E-state index >= 15 is 0 Å². The van der Waals surface area contributed by atoms with Gasteiger partial charge in [0.1, 0.15) is 10.6 Å². The zero-order chi connectivity index (χ0) is 15.5. The topological polar surface area (TPSA) is 85.2 Å². The molecule has 2 N–H and O–H groups in total. The standard InChI is InChI=1S/C13H18N4O3S/c1-14-7-10-4-5-12(20-3)13(6-10)21(18,19)16-11-8-15-17(2)9-11/h4-6,8-9,14,16H,7H2,1-3H3. The molecule has 1 aromatic heterocycles. The number of hydrogen-bond acceptors (Lipinski definition) is 5. The van der Waals surface area contributed by atoms with E-state index in [0.29, 0.717) is 18.0 Å². The Morgan fingerprint density at radius 1 is 1.38 bits per heavy atom. The third-order valence-corrected chi connectivity index (χ3v) is 4.26. The first kappa shape index (κ1) is 15.3. The van der Waals surface area contributed by atoms with Gasteiger partial charge in [0.2, 0.25) is 0 Å². The van der Waals surface area contributed by atoms with E-state index in [-0.39, 0.29) is 4.90 Å². The molecule has 0 unspecified atom stereocenters. The molecular weight excluding hydrogens is 292 g/mol. The summed E-state index contributed by atoms with van der Waals surface area (Å²) in [5.41, 5.74) is 1.25. The van der Waals surface area contributed by atoms with Crippen LogP contribution in [0.5, 0.6) is 5.75 Å². The number of nitrogens with one attached hydrogen (secondary N) is 2. The van der Waals surface area contributed by atoms with Crippen LogP contribution >= 0.6 is 0 Å². The quantitative estimate of drug-likeness (QED) is 0.830. The van der Waals surface area contributed by atoms with E-state index in [9.17, 15) is 8.42 Å². The smallest absolute Gasteiger partial charge is 0.265 e. The molecule has 7 nitrogen and oxygen atoms in total. The van der Waals surface area contributed by atoms with Crippen molar-refractivity contribution in [3.63, 3.8) is 0 Å². The molecule has 0 spiro atoms. The second-order valence-corrected chi connectivity index (χ2v) is 6.17. The normalized spacial score (nSPS) is 11.4. The molecular formula is C13H18N4O3S. The summed E-state index contributed by atoms with van der Waals surface area (Å²) in [6, 6.07) is 5.05. The molecule has 0 saturated heterocycles. The number of methoxy groups -OCH3 is 1. The molecule has 0 aliphatic rings. The lowest BCUT2D eigenvalue weighted by molar-refractivity contribution is 0.402. The third kappa shape index (κ3) is 3.53. The Kier molecular flexibility index (Phi) is 4.49. The van der Waals surface area contributed by atoms with Gasteiger partial charge in [0.25, 0.3) is 10.0 Å². The van der Waals surface area contributed by atoms with Gasteiger partial charge in [0, 0.05) is 19.8 Å². The molecule has 2 rings (SSSR count). The summed E-state index contributed by atoms with van der Waals surface area (Å²) in [6.07, 6.45) is 3.03. The fraction of sp³-hybridized carbons (Fsp3) is 0.308. The van der Waals surface area contributed by atoms with Gasteiger partial charge in [-0.2, -0.15) is 5.10 Å². The summed E-state index contributed by atoms with van der Waals surface area (Å²) in [5, 5.41) is 6.92. The van der Waals surface area contributed by atoms with Crippen LogP contribution in [0.1, 0.15) is 5.56 Å². The summed E-state index contributed by atoms with van der Waals surface area (Å²) in [7, 11) is 1.21. The maximum atomic E-state index is 12.5.